The second-order valence-corrected chi connectivity index (χ2v) is 6.72. The summed E-state index contributed by atoms with van der Waals surface area (Å²) in [6, 6.07) is 12.9. The molecule has 0 fully saturated rings. The van der Waals surface area contributed by atoms with E-state index in [0.717, 1.165) is 16.7 Å². The molecule has 0 bridgehead atoms. The van der Waals surface area contributed by atoms with Crippen LogP contribution in [0.25, 0.3) is 28.5 Å². The number of rotatable bonds is 6. The van der Waals surface area contributed by atoms with Gasteiger partial charge in [-0.3, -0.25) is 4.79 Å². The van der Waals surface area contributed by atoms with Crippen LogP contribution in [-0.4, -0.2) is 36.3 Å². The Morgan fingerprint density at radius 2 is 2.00 bits per heavy atom. The van der Waals surface area contributed by atoms with Gasteiger partial charge in [0.15, 0.2) is 5.65 Å². The molecule has 0 saturated heterocycles. The smallest absolute Gasteiger partial charge is 0.350 e. The molecular weight excluding hydrogens is 372 g/mol. The Morgan fingerprint density at radius 3 is 2.76 bits per heavy atom. The fourth-order valence-electron chi connectivity index (χ4n) is 2.90. The van der Waals surface area contributed by atoms with Gasteiger partial charge in [0, 0.05) is 17.8 Å². The number of fused-ring (bicyclic) bond motifs is 1. The number of hydrogen-bond acceptors (Lipinski definition) is 6. The molecule has 9 nitrogen and oxygen atoms in total. The third-order valence-corrected chi connectivity index (χ3v) is 4.61. The van der Waals surface area contributed by atoms with Crippen LogP contribution in [0.4, 0.5) is 0 Å². The van der Waals surface area contributed by atoms with Crippen LogP contribution in [0.3, 0.4) is 0 Å². The lowest BCUT2D eigenvalue weighted by Crippen LogP contribution is -2.37. The Balaban J connectivity index is 1.69. The Kier molecular flexibility index (Phi) is 4.94. The number of nitrogens with zero attached hydrogens (tertiary/aromatic N) is 5. The first-order valence-electron chi connectivity index (χ1n) is 9.34. The van der Waals surface area contributed by atoms with Crippen LogP contribution < -0.4 is 11.0 Å². The van der Waals surface area contributed by atoms with Gasteiger partial charge in [-0.15, -0.1) is 5.10 Å². The van der Waals surface area contributed by atoms with Gasteiger partial charge >= 0.3 is 5.69 Å². The van der Waals surface area contributed by atoms with E-state index in [1.165, 1.54) is 4.40 Å². The Bertz CT molecular complexity index is 1210. The van der Waals surface area contributed by atoms with Crippen LogP contribution in [0, 0.1) is 0 Å². The number of carbonyl (C=O) groups excluding carboxylic acids is 1. The molecule has 3 heterocycles. The highest BCUT2D eigenvalue weighted by Crippen LogP contribution is 2.24. The number of nitrogens with one attached hydrogen (secondary N) is 1. The molecular formula is C20H20N6O3. The molecule has 1 amide bonds. The van der Waals surface area contributed by atoms with E-state index in [1.54, 1.807) is 18.3 Å². The molecule has 0 spiro atoms. The normalized spacial score (nSPS) is 12.2. The molecule has 4 aromatic rings. The van der Waals surface area contributed by atoms with E-state index < -0.39 is 5.69 Å². The first-order valence-corrected chi connectivity index (χ1v) is 9.34. The number of pyridine rings is 1. The standard InChI is InChI=1S/C20H20N6O3/c1-3-13(2)21-16(27)12-26-20(28)25-11-7-10-15(18(25)23-26)19-22-17(24-29-19)14-8-5-4-6-9-14/h4-11,13H,3,12H2,1-2H3,(H,21,27)/t13-/m0/s1. The van der Waals surface area contributed by atoms with Gasteiger partial charge in [-0.1, -0.05) is 42.4 Å². The molecule has 0 unspecified atom stereocenters. The highest BCUT2D eigenvalue weighted by molar-refractivity contribution is 5.76. The molecule has 3 aromatic heterocycles. The van der Waals surface area contributed by atoms with E-state index in [0.29, 0.717) is 17.0 Å². The molecule has 9 heteroatoms. The zero-order valence-corrected chi connectivity index (χ0v) is 16.1. The van der Waals surface area contributed by atoms with Gasteiger partial charge < -0.3 is 9.84 Å². The first kappa shape index (κ1) is 18.6. The predicted molar refractivity (Wildman–Crippen MR) is 106 cm³/mol. The Morgan fingerprint density at radius 1 is 1.21 bits per heavy atom. The molecule has 0 aliphatic heterocycles. The summed E-state index contributed by atoms with van der Waals surface area (Å²) in [5.74, 6) is 0.420. The number of carbonyl (C=O) groups is 1. The molecule has 0 saturated carbocycles. The van der Waals surface area contributed by atoms with Crippen molar-refractivity contribution in [3.8, 4) is 22.8 Å². The molecule has 1 atom stereocenters. The summed E-state index contributed by atoms with van der Waals surface area (Å²) in [7, 11) is 0. The van der Waals surface area contributed by atoms with Crippen molar-refractivity contribution >= 4 is 11.6 Å². The van der Waals surface area contributed by atoms with Gasteiger partial charge in [0.05, 0.1) is 5.56 Å². The number of amides is 1. The monoisotopic (exact) mass is 392 g/mol. The van der Waals surface area contributed by atoms with E-state index in [9.17, 15) is 9.59 Å². The van der Waals surface area contributed by atoms with Gasteiger partial charge in [0.2, 0.25) is 11.7 Å². The minimum Gasteiger partial charge on any atom is -0.352 e. The minimum absolute atomic E-state index is 0.0283. The van der Waals surface area contributed by atoms with Crippen LogP contribution in [0.1, 0.15) is 20.3 Å². The molecule has 0 radical (unpaired) electrons. The summed E-state index contributed by atoms with van der Waals surface area (Å²) in [4.78, 5) is 29.2. The fourth-order valence-corrected chi connectivity index (χ4v) is 2.90. The summed E-state index contributed by atoms with van der Waals surface area (Å²) in [5, 5.41) is 11.2. The summed E-state index contributed by atoms with van der Waals surface area (Å²) < 4.78 is 7.89. The first-order chi connectivity index (χ1) is 14.1. The maximum Gasteiger partial charge on any atom is 0.350 e. The van der Waals surface area contributed by atoms with Crippen molar-refractivity contribution in [2.45, 2.75) is 32.9 Å². The summed E-state index contributed by atoms with van der Waals surface area (Å²) in [6.07, 6.45) is 2.39. The molecule has 0 aliphatic rings. The van der Waals surface area contributed by atoms with Crippen molar-refractivity contribution in [3.05, 3.63) is 59.1 Å². The lowest BCUT2D eigenvalue weighted by molar-refractivity contribution is -0.122. The zero-order valence-electron chi connectivity index (χ0n) is 16.1. The average molecular weight is 392 g/mol. The van der Waals surface area contributed by atoms with E-state index in [1.807, 2.05) is 44.2 Å². The fraction of sp³-hybridized carbons (Fsp3) is 0.250. The number of benzene rings is 1. The van der Waals surface area contributed by atoms with Gasteiger partial charge in [-0.25, -0.2) is 13.9 Å². The highest BCUT2D eigenvalue weighted by atomic mass is 16.5. The highest BCUT2D eigenvalue weighted by Gasteiger charge is 2.18. The lowest BCUT2D eigenvalue weighted by atomic mass is 10.2. The average Bonchev–Trinajstić information content (AvgIpc) is 3.34. The zero-order chi connectivity index (χ0) is 20.4. The van der Waals surface area contributed by atoms with Gasteiger partial charge in [0.1, 0.15) is 6.54 Å². The molecule has 0 aliphatic carbocycles. The minimum atomic E-state index is -0.413. The molecule has 1 N–H and O–H groups in total. The topological polar surface area (TPSA) is 107 Å². The van der Waals surface area contributed by atoms with Crippen LogP contribution in [0.15, 0.2) is 58.0 Å². The Hall–Kier alpha value is -3.75. The summed E-state index contributed by atoms with van der Waals surface area (Å²) in [6.45, 7) is 3.72. The van der Waals surface area contributed by atoms with Crippen molar-refractivity contribution in [2.24, 2.45) is 0 Å². The van der Waals surface area contributed by atoms with E-state index >= 15 is 0 Å². The third-order valence-electron chi connectivity index (χ3n) is 4.61. The summed E-state index contributed by atoms with van der Waals surface area (Å²) >= 11 is 0. The van der Waals surface area contributed by atoms with Crippen molar-refractivity contribution in [1.82, 2.24) is 29.6 Å². The van der Waals surface area contributed by atoms with Crippen molar-refractivity contribution in [2.75, 3.05) is 0 Å². The number of aromatic nitrogens is 5. The lowest BCUT2D eigenvalue weighted by Gasteiger charge is -2.10. The van der Waals surface area contributed by atoms with Crippen molar-refractivity contribution < 1.29 is 9.32 Å². The molecule has 1 aromatic carbocycles. The summed E-state index contributed by atoms with van der Waals surface area (Å²) in [5.41, 5.74) is 1.26. The SMILES string of the molecule is CC[C@H](C)NC(=O)Cn1nc2c(-c3nc(-c4ccccc4)no3)cccn2c1=O. The van der Waals surface area contributed by atoms with Crippen LogP contribution in [-0.2, 0) is 11.3 Å². The van der Waals surface area contributed by atoms with Crippen LogP contribution >= 0.6 is 0 Å². The van der Waals surface area contributed by atoms with Gasteiger partial charge in [0.25, 0.3) is 5.89 Å². The van der Waals surface area contributed by atoms with E-state index in [4.69, 9.17) is 4.52 Å². The van der Waals surface area contributed by atoms with E-state index in [-0.39, 0.29) is 24.4 Å². The largest absolute Gasteiger partial charge is 0.352 e. The second-order valence-electron chi connectivity index (χ2n) is 6.72. The van der Waals surface area contributed by atoms with Crippen molar-refractivity contribution in [1.29, 1.82) is 0 Å². The van der Waals surface area contributed by atoms with Gasteiger partial charge in [-0.2, -0.15) is 4.98 Å². The third kappa shape index (κ3) is 3.66. The second kappa shape index (κ2) is 7.70. The van der Waals surface area contributed by atoms with Crippen LogP contribution in [0.5, 0.6) is 0 Å². The predicted octanol–water partition coefficient (Wildman–Crippen LogP) is 2.13. The van der Waals surface area contributed by atoms with Crippen molar-refractivity contribution in [3.63, 3.8) is 0 Å². The maximum absolute atomic E-state index is 12.6. The maximum atomic E-state index is 12.6. The quantitative estimate of drug-likeness (QED) is 0.539. The van der Waals surface area contributed by atoms with Gasteiger partial charge in [-0.05, 0) is 25.5 Å². The molecule has 148 valence electrons. The number of hydrogen-bond donors (Lipinski definition) is 1. The molecule has 29 heavy (non-hydrogen) atoms. The van der Waals surface area contributed by atoms with Crippen LogP contribution in [0.2, 0.25) is 0 Å². The molecule has 4 rings (SSSR count). The van der Waals surface area contributed by atoms with E-state index in [2.05, 4.69) is 20.6 Å². The Labute approximate surface area is 166 Å².